The summed E-state index contributed by atoms with van der Waals surface area (Å²) in [6.07, 6.45) is 1.61. The number of pyridine rings is 1. The quantitative estimate of drug-likeness (QED) is 0.258. The molecule has 1 aliphatic rings. The molecule has 9 nitrogen and oxygen atoms in total. The van der Waals surface area contributed by atoms with Crippen LogP contribution in [0.1, 0.15) is 22.8 Å². The molecular weight excluding hydrogens is 542 g/mol. The lowest BCUT2D eigenvalue weighted by Gasteiger charge is -2.34. The Morgan fingerprint density at radius 3 is 2.82 bits per heavy atom. The van der Waals surface area contributed by atoms with Crippen LogP contribution in [0.3, 0.4) is 0 Å². The van der Waals surface area contributed by atoms with E-state index in [1.807, 2.05) is 58.7 Å². The third kappa shape index (κ3) is 5.36. The van der Waals surface area contributed by atoms with E-state index in [2.05, 4.69) is 20.9 Å². The largest absolute Gasteiger partial charge is 0.497 e. The molecule has 2 aromatic heterocycles. The topological polar surface area (TPSA) is 93.5 Å². The summed E-state index contributed by atoms with van der Waals surface area (Å²) in [5, 5.41) is 4.28. The first-order chi connectivity index (χ1) is 16.0. The molecule has 3 heterocycles. The van der Waals surface area contributed by atoms with Crippen LogP contribution in [-0.2, 0) is 11.3 Å². The number of halogens is 2. The zero-order chi connectivity index (χ0) is 23.4. The van der Waals surface area contributed by atoms with Gasteiger partial charge in [0, 0.05) is 16.2 Å². The number of morpholine rings is 1. The molecule has 1 aromatic carbocycles. The smallest absolute Gasteiger partial charge is 0.275 e. The van der Waals surface area contributed by atoms with Crippen LogP contribution < -0.4 is 20.5 Å². The van der Waals surface area contributed by atoms with Gasteiger partial charge in [-0.05, 0) is 53.3 Å². The lowest BCUT2D eigenvalue weighted by Crippen LogP contribution is -2.44. The van der Waals surface area contributed by atoms with Crippen molar-refractivity contribution in [2.75, 3.05) is 37.2 Å². The van der Waals surface area contributed by atoms with Crippen LogP contribution >= 0.6 is 22.6 Å². The number of hydrogen-bond donors (Lipinski definition) is 2. The van der Waals surface area contributed by atoms with Gasteiger partial charge in [-0.1, -0.05) is 12.1 Å². The highest BCUT2D eigenvalue weighted by atomic mass is 127. The highest BCUT2D eigenvalue weighted by Crippen LogP contribution is 2.24. The zero-order valence-corrected chi connectivity index (χ0v) is 20.4. The molecule has 0 radical (unpaired) electrons. The predicted molar refractivity (Wildman–Crippen MR) is 130 cm³/mol. The van der Waals surface area contributed by atoms with Gasteiger partial charge >= 0.3 is 0 Å². The second-order valence-corrected chi connectivity index (χ2v) is 8.71. The average molecular weight is 566 g/mol. The van der Waals surface area contributed by atoms with Crippen molar-refractivity contribution in [3.05, 3.63) is 63.2 Å². The number of carbonyl (C=O) groups excluding carboxylic acids is 1. The lowest BCUT2D eigenvalue weighted by atomic mass is 10.2. The highest BCUT2D eigenvalue weighted by molar-refractivity contribution is 14.1. The number of carbonyl (C=O) groups is 1. The summed E-state index contributed by atoms with van der Waals surface area (Å²) < 4.78 is 27.6. The van der Waals surface area contributed by atoms with Gasteiger partial charge in [0.25, 0.3) is 5.91 Å². The Kier molecular flexibility index (Phi) is 7.28. The van der Waals surface area contributed by atoms with Gasteiger partial charge in [0.05, 0.1) is 39.1 Å². The van der Waals surface area contributed by atoms with E-state index >= 15 is 0 Å². The van der Waals surface area contributed by atoms with Gasteiger partial charge in [-0.15, -0.1) is 0 Å². The molecule has 3 aromatic rings. The second-order valence-electron chi connectivity index (χ2n) is 7.55. The number of hydrogen-bond acceptors (Lipinski definition) is 7. The highest BCUT2D eigenvalue weighted by Gasteiger charge is 2.25. The van der Waals surface area contributed by atoms with E-state index in [-0.39, 0.29) is 11.6 Å². The van der Waals surface area contributed by atoms with Gasteiger partial charge in [0.2, 0.25) is 5.95 Å². The molecule has 0 spiro atoms. The van der Waals surface area contributed by atoms with Crippen molar-refractivity contribution < 1.29 is 18.7 Å². The van der Waals surface area contributed by atoms with E-state index in [0.717, 1.165) is 11.3 Å². The number of aromatic nitrogens is 3. The number of hydrazine groups is 1. The summed E-state index contributed by atoms with van der Waals surface area (Å²) >= 11 is 1.96. The Labute approximate surface area is 204 Å². The van der Waals surface area contributed by atoms with E-state index in [1.54, 1.807) is 30.1 Å². The van der Waals surface area contributed by atoms with Gasteiger partial charge < -0.3 is 14.4 Å². The number of nitrogens with one attached hydrogen (secondary N) is 2. The molecule has 0 aliphatic carbocycles. The Morgan fingerprint density at radius 1 is 1.33 bits per heavy atom. The maximum Gasteiger partial charge on any atom is 0.275 e. The molecule has 0 saturated carbocycles. The van der Waals surface area contributed by atoms with Crippen LogP contribution in [0.15, 0.2) is 42.6 Å². The van der Waals surface area contributed by atoms with Crippen molar-refractivity contribution >= 4 is 40.1 Å². The van der Waals surface area contributed by atoms with Crippen LogP contribution in [0.4, 0.5) is 16.0 Å². The SMILES string of the molecule is COc1ccc(Cn2nccc2NNC(=O)c2c(I)cc(N3CCOC[C@H]3C)nc2F)cc1. The minimum absolute atomic E-state index is 0.0776. The summed E-state index contributed by atoms with van der Waals surface area (Å²) in [6, 6.07) is 11.1. The van der Waals surface area contributed by atoms with Crippen LogP contribution in [-0.4, -0.2) is 53.6 Å². The average Bonchev–Trinajstić information content (AvgIpc) is 3.25. The third-order valence-electron chi connectivity index (χ3n) is 5.31. The summed E-state index contributed by atoms with van der Waals surface area (Å²) in [5.74, 6) is 0.380. The number of nitrogens with zero attached hydrogens (tertiary/aromatic N) is 4. The van der Waals surface area contributed by atoms with Crippen LogP contribution in [0, 0.1) is 9.52 Å². The first-order valence-corrected chi connectivity index (χ1v) is 11.5. The summed E-state index contributed by atoms with van der Waals surface area (Å²) in [4.78, 5) is 18.8. The zero-order valence-electron chi connectivity index (χ0n) is 18.2. The molecule has 174 valence electrons. The van der Waals surface area contributed by atoms with Crippen molar-refractivity contribution in [1.82, 2.24) is 20.2 Å². The minimum atomic E-state index is -0.818. The number of anilines is 2. The molecule has 2 N–H and O–H groups in total. The van der Waals surface area contributed by atoms with E-state index in [4.69, 9.17) is 9.47 Å². The van der Waals surface area contributed by atoms with Crippen molar-refractivity contribution in [3.63, 3.8) is 0 Å². The number of benzene rings is 1. The van der Waals surface area contributed by atoms with Gasteiger partial charge in [-0.2, -0.15) is 9.49 Å². The Morgan fingerprint density at radius 2 is 2.12 bits per heavy atom. The first kappa shape index (κ1) is 23.2. The second kappa shape index (κ2) is 10.3. The van der Waals surface area contributed by atoms with Gasteiger partial charge in [0.1, 0.15) is 22.9 Å². The van der Waals surface area contributed by atoms with Gasteiger partial charge in [-0.25, -0.2) is 9.67 Å². The number of amides is 1. The molecule has 33 heavy (non-hydrogen) atoms. The Bertz CT molecular complexity index is 1100. The molecule has 1 fully saturated rings. The summed E-state index contributed by atoms with van der Waals surface area (Å²) in [5.41, 5.74) is 6.26. The Hall–Kier alpha value is -2.93. The lowest BCUT2D eigenvalue weighted by molar-refractivity contribution is 0.0954. The molecule has 1 saturated heterocycles. The minimum Gasteiger partial charge on any atom is -0.497 e. The van der Waals surface area contributed by atoms with Crippen LogP contribution in [0.25, 0.3) is 0 Å². The summed E-state index contributed by atoms with van der Waals surface area (Å²) in [6.45, 7) is 4.20. The van der Waals surface area contributed by atoms with Crippen LogP contribution in [0.5, 0.6) is 5.75 Å². The standard InChI is InChI=1S/C22H24FIN6O3/c1-14-13-33-10-9-29(14)19-11-17(24)20(21(23)26-19)22(31)28-27-18-7-8-25-30(18)12-15-3-5-16(32-2)6-4-15/h3-8,11,14,27H,9-10,12-13H2,1-2H3,(H,28,31)/t14-/m1/s1. The summed E-state index contributed by atoms with van der Waals surface area (Å²) in [7, 11) is 1.61. The number of rotatable bonds is 7. The van der Waals surface area contributed by atoms with Crippen molar-refractivity contribution in [3.8, 4) is 5.75 Å². The fourth-order valence-electron chi connectivity index (χ4n) is 3.54. The molecule has 1 amide bonds. The van der Waals surface area contributed by atoms with Crippen molar-refractivity contribution in [1.29, 1.82) is 0 Å². The number of ether oxygens (including phenoxy) is 2. The van der Waals surface area contributed by atoms with Crippen molar-refractivity contribution in [2.24, 2.45) is 0 Å². The molecule has 4 rings (SSSR count). The van der Waals surface area contributed by atoms with E-state index < -0.39 is 11.9 Å². The maximum atomic E-state index is 14.8. The Balaban J connectivity index is 1.43. The van der Waals surface area contributed by atoms with E-state index in [9.17, 15) is 9.18 Å². The van der Waals surface area contributed by atoms with E-state index in [1.165, 1.54) is 0 Å². The van der Waals surface area contributed by atoms with Gasteiger partial charge in [0.15, 0.2) is 0 Å². The van der Waals surface area contributed by atoms with Crippen LogP contribution in [0.2, 0.25) is 0 Å². The maximum absolute atomic E-state index is 14.8. The first-order valence-electron chi connectivity index (χ1n) is 10.4. The molecule has 1 aliphatic heterocycles. The molecule has 1 atom stereocenters. The van der Waals surface area contributed by atoms with Gasteiger partial charge in [-0.3, -0.25) is 15.6 Å². The predicted octanol–water partition coefficient (Wildman–Crippen LogP) is 3.06. The molecule has 11 heteroatoms. The van der Waals surface area contributed by atoms with E-state index in [0.29, 0.717) is 41.5 Å². The molecule has 0 unspecified atom stereocenters. The fraction of sp³-hybridized carbons (Fsp3) is 0.318. The fourth-order valence-corrected chi connectivity index (χ4v) is 4.29. The normalized spacial score (nSPS) is 15.9. The van der Waals surface area contributed by atoms with Crippen molar-refractivity contribution in [2.45, 2.75) is 19.5 Å². The molecular formula is C22H24FIN6O3. The number of methoxy groups -OCH3 is 1. The monoisotopic (exact) mass is 566 g/mol. The third-order valence-corrected chi connectivity index (χ3v) is 6.17. The molecule has 0 bridgehead atoms.